The van der Waals surface area contributed by atoms with E-state index in [0.29, 0.717) is 13.1 Å². The summed E-state index contributed by atoms with van der Waals surface area (Å²) >= 11 is 0. The Hall–Kier alpha value is -0.130. The molecule has 0 amide bonds. The van der Waals surface area contributed by atoms with E-state index in [9.17, 15) is 8.42 Å². The molecule has 0 radical (unpaired) electrons. The smallest absolute Gasteiger partial charge is 0.211 e. The van der Waals surface area contributed by atoms with Gasteiger partial charge in [0.15, 0.2) is 0 Å². The van der Waals surface area contributed by atoms with Crippen molar-refractivity contribution in [3.8, 4) is 0 Å². The number of hydrogen-bond acceptors (Lipinski definition) is 3. The molecule has 4 nitrogen and oxygen atoms in total. The molecular formula is C7H18N2O2S. The predicted molar refractivity (Wildman–Crippen MR) is 50.4 cm³/mol. The van der Waals surface area contributed by atoms with E-state index in [1.165, 1.54) is 0 Å². The maximum absolute atomic E-state index is 10.9. The molecule has 3 N–H and O–H groups in total. The molecule has 0 aromatic rings. The molecule has 5 heteroatoms. The topological polar surface area (TPSA) is 72.2 Å². The molecule has 0 aromatic carbocycles. The molecule has 0 aliphatic heterocycles. The molecule has 0 spiro atoms. The fourth-order valence-corrected chi connectivity index (χ4v) is 1.44. The maximum Gasteiger partial charge on any atom is 0.211 e. The zero-order chi connectivity index (χ0) is 9.45. The molecule has 0 fully saturated rings. The Balaban J connectivity index is 3.32. The summed E-state index contributed by atoms with van der Waals surface area (Å²) in [6.07, 6.45) is 2.83. The summed E-state index contributed by atoms with van der Waals surface area (Å²) in [5, 5.41) is 0. The average molecular weight is 194 g/mol. The summed E-state index contributed by atoms with van der Waals surface area (Å²) in [5.41, 5.74) is 5.28. The zero-order valence-corrected chi connectivity index (χ0v) is 8.36. The average Bonchev–Trinajstić information content (AvgIpc) is 2.04. The number of nitrogens with two attached hydrogens (primary N) is 1. The summed E-state index contributed by atoms with van der Waals surface area (Å²) < 4.78 is 24.3. The number of hydrogen-bond donors (Lipinski definition) is 2. The van der Waals surface area contributed by atoms with E-state index in [1.807, 2.05) is 0 Å². The van der Waals surface area contributed by atoms with Gasteiger partial charge in [0, 0.05) is 6.54 Å². The van der Waals surface area contributed by atoms with E-state index in [1.54, 1.807) is 6.92 Å². The van der Waals surface area contributed by atoms with Crippen molar-refractivity contribution in [2.24, 2.45) is 5.73 Å². The Morgan fingerprint density at radius 1 is 1.25 bits per heavy atom. The first-order valence-electron chi connectivity index (χ1n) is 4.30. The van der Waals surface area contributed by atoms with Crippen LogP contribution in [-0.4, -0.2) is 27.3 Å². The van der Waals surface area contributed by atoms with E-state index < -0.39 is 10.0 Å². The molecule has 74 valence electrons. The summed E-state index contributed by atoms with van der Waals surface area (Å²) in [5.74, 6) is 0.157. The first-order chi connectivity index (χ1) is 5.62. The van der Waals surface area contributed by atoms with Gasteiger partial charge < -0.3 is 5.73 Å². The van der Waals surface area contributed by atoms with Crippen LogP contribution in [0.2, 0.25) is 0 Å². The summed E-state index contributed by atoms with van der Waals surface area (Å²) in [6.45, 7) is 2.85. The van der Waals surface area contributed by atoms with Crippen LogP contribution in [0.5, 0.6) is 0 Å². The van der Waals surface area contributed by atoms with Gasteiger partial charge in [-0.05, 0) is 26.3 Å². The third-order valence-corrected chi connectivity index (χ3v) is 2.99. The second-order valence-electron chi connectivity index (χ2n) is 2.65. The van der Waals surface area contributed by atoms with Crippen LogP contribution in [0, 0.1) is 0 Å². The fourth-order valence-electron chi connectivity index (χ4n) is 0.776. The van der Waals surface area contributed by atoms with Gasteiger partial charge in [0.05, 0.1) is 5.75 Å². The van der Waals surface area contributed by atoms with Crippen LogP contribution in [0.15, 0.2) is 0 Å². The minimum atomic E-state index is -2.99. The Kier molecular flexibility index (Phi) is 6.32. The van der Waals surface area contributed by atoms with E-state index in [-0.39, 0.29) is 5.75 Å². The van der Waals surface area contributed by atoms with Crippen molar-refractivity contribution in [3.63, 3.8) is 0 Å². The Bertz CT molecular complexity index is 190. The van der Waals surface area contributed by atoms with E-state index in [2.05, 4.69) is 4.72 Å². The molecule has 0 bridgehead atoms. The number of nitrogens with one attached hydrogen (secondary N) is 1. The maximum atomic E-state index is 10.9. The van der Waals surface area contributed by atoms with Crippen molar-refractivity contribution in [1.29, 1.82) is 0 Å². The quantitative estimate of drug-likeness (QED) is 0.563. The van der Waals surface area contributed by atoms with Crippen molar-refractivity contribution in [2.75, 3.05) is 18.8 Å². The van der Waals surface area contributed by atoms with E-state index >= 15 is 0 Å². The standard InChI is InChI=1S/C7H18N2O2S/c1-2-12(10,11)9-7-5-3-4-6-8/h9H,2-8H2,1H3. The lowest BCUT2D eigenvalue weighted by atomic mass is 10.2. The molecule has 0 atom stereocenters. The third kappa shape index (κ3) is 6.57. The summed E-state index contributed by atoms with van der Waals surface area (Å²) in [7, 11) is -2.99. The predicted octanol–water partition coefficient (Wildman–Crippen LogP) is 0.0547. The normalized spacial score (nSPS) is 11.8. The molecule has 0 rings (SSSR count). The second kappa shape index (κ2) is 6.39. The molecule has 0 heterocycles. The van der Waals surface area contributed by atoms with Gasteiger partial charge in [-0.15, -0.1) is 0 Å². The lowest BCUT2D eigenvalue weighted by Crippen LogP contribution is -2.26. The first kappa shape index (κ1) is 11.9. The van der Waals surface area contributed by atoms with Crippen molar-refractivity contribution in [2.45, 2.75) is 26.2 Å². The summed E-state index contributed by atoms with van der Waals surface area (Å²) in [4.78, 5) is 0. The van der Waals surface area contributed by atoms with E-state index in [4.69, 9.17) is 5.73 Å². The highest BCUT2D eigenvalue weighted by Gasteiger charge is 2.03. The van der Waals surface area contributed by atoms with Gasteiger partial charge in [-0.2, -0.15) is 0 Å². The lowest BCUT2D eigenvalue weighted by Gasteiger charge is -2.02. The zero-order valence-electron chi connectivity index (χ0n) is 7.54. The van der Waals surface area contributed by atoms with Crippen molar-refractivity contribution < 1.29 is 8.42 Å². The molecule has 0 aliphatic rings. The minimum absolute atomic E-state index is 0.157. The van der Waals surface area contributed by atoms with Crippen molar-refractivity contribution in [1.82, 2.24) is 4.72 Å². The number of rotatable bonds is 7. The number of sulfonamides is 1. The van der Waals surface area contributed by atoms with Gasteiger partial charge in [-0.3, -0.25) is 0 Å². The Morgan fingerprint density at radius 3 is 2.42 bits per heavy atom. The molecule has 12 heavy (non-hydrogen) atoms. The van der Waals surface area contributed by atoms with Crippen LogP contribution in [0.4, 0.5) is 0 Å². The van der Waals surface area contributed by atoms with Crippen LogP contribution < -0.4 is 10.5 Å². The van der Waals surface area contributed by atoms with Crippen LogP contribution >= 0.6 is 0 Å². The van der Waals surface area contributed by atoms with Crippen molar-refractivity contribution in [3.05, 3.63) is 0 Å². The van der Waals surface area contributed by atoms with Gasteiger partial charge in [-0.1, -0.05) is 6.42 Å². The van der Waals surface area contributed by atoms with Gasteiger partial charge in [0.2, 0.25) is 10.0 Å². The highest BCUT2D eigenvalue weighted by Crippen LogP contribution is 1.92. The molecule has 0 unspecified atom stereocenters. The first-order valence-corrected chi connectivity index (χ1v) is 5.95. The number of unbranched alkanes of at least 4 members (excludes halogenated alkanes) is 2. The monoisotopic (exact) mass is 194 g/mol. The SMILES string of the molecule is CCS(=O)(=O)NCCCCCN. The van der Waals surface area contributed by atoms with Gasteiger partial charge in [0.1, 0.15) is 0 Å². The van der Waals surface area contributed by atoms with Crippen LogP contribution in [0.25, 0.3) is 0 Å². The minimum Gasteiger partial charge on any atom is -0.330 e. The molecule has 0 saturated carbocycles. The molecule has 0 aliphatic carbocycles. The summed E-state index contributed by atoms with van der Waals surface area (Å²) in [6, 6.07) is 0. The van der Waals surface area contributed by atoms with Gasteiger partial charge >= 0.3 is 0 Å². The van der Waals surface area contributed by atoms with Crippen molar-refractivity contribution >= 4 is 10.0 Å². The molecule has 0 saturated heterocycles. The highest BCUT2D eigenvalue weighted by molar-refractivity contribution is 7.89. The lowest BCUT2D eigenvalue weighted by molar-refractivity contribution is 0.576. The highest BCUT2D eigenvalue weighted by atomic mass is 32.2. The Morgan fingerprint density at radius 2 is 1.92 bits per heavy atom. The van der Waals surface area contributed by atoms with Crippen LogP contribution in [-0.2, 0) is 10.0 Å². The largest absolute Gasteiger partial charge is 0.330 e. The second-order valence-corrected chi connectivity index (χ2v) is 4.74. The fraction of sp³-hybridized carbons (Fsp3) is 1.00. The molecule has 0 aromatic heterocycles. The van der Waals surface area contributed by atoms with Crippen LogP contribution in [0.1, 0.15) is 26.2 Å². The van der Waals surface area contributed by atoms with Gasteiger partial charge in [0.25, 0.3) is 0 Å². The van der Waals surface area contributed by atoms with Gasteiger partial charge in [-0.25, -0.2) is 13.1 Å². The molecular weight excluding hydrogens is 176 g/mol. The van der Waals surface area contributed by atoms with E-state index in [0.717, 1.165) is 19.3 Å². The van der Waals surface area contributed by atoms with Crippen LogP contribution in [0.3, 0.4) is 0 Å². The Labute approximate surface area is 74.6 Å². The third-order valence-electron chi connectivity index (χ3n) is 1.58.